The molecule has 1 N–H and O–H groups in total. The molecule has 1 heterocycles. The number of carbonyl (C=O) groups is 1. The van der Waals surface area contributed by atoms with Crippen molar-refractivity contribution in [3.63, 3.8) is 0 Å². The van der Waals surface area contributed by atoms with E-state index in [-0.39, 0.29) is 5.91 Å². The summed E-state index contributed by atoms with van der Waals surface area (Å²) in [6.45, 7) is 0.447. The monoisotopic (exact) mass is 459 g/mol. The van der Waals surface area contributed by atoms with E-state index in [2.05, 4.69) is 35.6 Å². The molecule has 0 bridgehead atoms. The van der Waals surface area contributed by atoms with Crippen LogP contribution in [-0.2, 0) is 6.54 Å². The summed E-state index contributed by atoms with van der Waals surface area (Å²) in [5.41, 5.74) is 6.50. The van der Waals surface area contributed by atoms with Crippen molar-refractivity contribution >= 4 is 5.91 Å². The van der Waals surface area contributed by atoms with E-state index in [1.54, 1.807) is 7.11 Å². The van der Waals surface area contributed by atoms with E-state index in [0.717, 1.165) is 39.5 Å². The first-order valence-electron chi connectivity index (χ1n) is 11.4. The van der Waals surface area contributed by atoms with Gasteiger partial charge in [-0.3, -0.25) is 4.79 Å². The number of nitrogens with one attached hydrogen (secondary N) is 1. The van der Waals surface area contributed by atoms with E-state index >= 15 is 0 Å². The molecule has 5 rings (SSSR count). The van der Waals surface area contributed by atoms with Gasteiger partial charge in [-0.1, -0.05) is 72.8 Å². The minimum atomic E-state index is -0.124. The van der Waals surface area contributed by atoms with Gasteiger partial charge in [0.1, 0.15) is 5.75 Å². The molecular formula is C30H25N3O2. The Bertz CT molecular complexity index is 1410. The fourth-order valence-corrected chi connectivity index (χ4v) is 3.92. The van der Waals surface area contributed by atoms with Gasteiger partial charge >= 0.3 is 0 Å². The molecule has 5 heteroatoms. The van der Waals surface area contributed by atoms with Crippen molar-refractivity contribution in [3.05, 3.63) is 126 Å². The first-order chi connectivity index (χ1) is 17.2. The molecule has 5 nitrogen and oxygen atoms in total. The van der Waals surface area contributed by atoms with Crippen LogP contribution in [0.15, 0.2) is 115 Å². The van der Waals surface area contributed by atoms with Gasteiger partial charge in [0.05, 0.1) is 24.2 Å². The lowest BCUT2D eigenvalue weighted by atomic mass is 10.1. The van der Waals surface area contributed by atoms with Gasteiger partial charge in [0.15, 0.2) is 0 Å². The Kier molecular flexibility index (Phi) is 6.39. The molecule has 0 unspecified atom stereocenters. The second-order valence-electron chi connectivity index (χ2n) is 8.14. The van der Waals surface area contributed by atoms with E-state index in [4.69, 9.17) is 9.84 Å². The van der Waals surface area contributed by atoms with Crippen LogP contribution in [0.5, 0.6) is 5.75 Å². The van der Waals surface area contributed by atoms with Crippen molar-refractivity contribution in [1.82, 2.24) is 15.1 Å². The van der Waals surface area contributed by atoms with E-state index in [1.165, 1.54) is 0 Å². The summed E-state index contributed by atoms with van der Waals surface area (Å²) in [5, 5.41) is 7.87. The third-order valence-corrected chi connectivity index (χ3v) is 5.83. The lowest BCUT2D eigenvalue weighted by molar-refractivity contribution is 0.0951. The molecule has 0 saturated carbocycles. The van der Waals surface area contributed by atoms with Crippen LogP contribution in [0.1, 0.15) is 15.9 Å². The fraction of sp³-hybridized carbons (Fsp3) is 0.0667. The van der Waals surface area contributed by atoms with E-state index in [1.807, 2.05) is 89.6 Å². The van der Waals surface area contributed by atoms with E-state index in [0.29, 0.717) is 12.1 Å². The van der Waals surface area contributed by atoms with Gasteiger partial charge in [0.2, 0.25) is 0 Å². The van der Waals surface area contributed by atoms with Crippen LogP contribution < -0.4 is 10.1 Å². The summed E-state index contributed by atoms with van der Waals surface area (Å²) in [6, 6.07) is 37.6. The van der Waals surface area contributed by atoms with Crippen LogP contribution in [0.25, 0.3) is 28.2 Å². The second-order valence-corrected chi connectivity index (χ2v) is 8.14. The Hall–Kier alpha value is -4.64. The molecular weight excluding hydrogens is 434 g/mol. The number of amides is 1. The average Bonchev–Trinajstić information content (AvgIpc) is 3.39. The van der Waals surface area contributed by atoms with Crippen LogP contribution in [0, 0.1) is 0 Å². The zero-order valence-electron chi connectivity index (χ0n) is 19.4. The predicted octanol–water partition coefficient (Wildman–Crippen LogP) is 6.14. The smallest absolute Gasteiger partial charge is 0.251 e. The van der Waals surface area contributed by atoms with Crippen molar-refractivity contribution in [1.29, 1.82) is 0 Å². The number of rotatable bonds is 7. The predicted molar refractivity (Wildman–Crippen MR) is 139 cm³/mol. The Morgan fingerprint density at radius 3 is 2.06 bits per heavy atom. The maximum absolute atomic E-state index is 12.7. The largest absolute Gasteiger partial charge is 0.497 e. The molecule has 1 aromatic heterocycles. The van der Waals surface area contributed by atoms with Crippen LogP contribution >= 0.6 is 0 Å². The van der Waals surface area contributed by atoms with Crippen molar-refractivity contribution in [2.45, 2.75) is 6.54 Å². The summed E-state index contributed by atoms with van der Waals surface area (Å²) in [5.74, 6) is 0.667. The van der Waals surface area contributed by atoms with Gasteiger partial charge in [-0.2, -0.15) is 5.10 Å². The quantitative estimate of drug-likeness (QED) is 0.318. The van der Waals surface area contributed by atoms with Crippen LogP contribution in [0.3, 0.4) is 0 Å². The summed E-state index contributed by atoms with van der Waals surface area (Å²) in [7, 11) is 1.63. The minimum absolute atomic E-state index is 0.124. The molecule has 5 aromatic rings. The van der Waals surface area contributed by atoms with Gasteiger partial charge in [-0.05, 0) is 48.0 Å². The lowest BCUT2D eigenvalue weighted by Crippen LogP contribution is -2.22. The van der Waals surface area contributed by atoms with Crippen molar-refractivity contribution in [2.24, 2.45) is 0 Å². The average molecular weight is 460 g/mol. The Balaban J connectivity index is 1.39. The molecule has 0 fully saturated rings. The second kappa shape index (κ2) is 10.1. The highest BCUT2D eigenvalue weighted by atomic mass is 16.5. The highest BCUT2D eigenvalue weighted by molar-refractivity contribution is 5.94. The molecule has 0 aliphatic heterocycles. The molecule has 0 aliphatic rings. The summed E-state index contributed by atoms with van der Waals surface area (Å²) in [4.78, 5) is 12.7. The van der Waals surface area contributed by atoms with E-state index < -0.39 is 0 Å². The number of aromatic nitrogens is 2. The number of hydrogen-bond donors (Lipinski definition) is 1. The number of nitrogens with zero attached hydrogens (tertiary/aromatic N) is 2. The van der Waals surface area contributed by atoms with Crippen molar-refractivity contribution in [3.8, 4) is 34.0 Å². The Labute approximate surface area is 204 Å². The topological polar surface area (TPSA) is 56.1 Å². The molecule has 0 spiro atoms. The van der Waals surface area contributed by atoms with Gasteiger partial charge in [0.25, 0.3) is 5.91 Å². The molecule has 1 amide bonds. The van der Waals surface area contributed by atoms with Crippen LogP contribution in [0.4, 0.5) is 0 Å². The maximum Gasteiger partial charge on any atom is 0.251 e. The number of benzene rings is 4. The zero-order valence-corrected chi connectivity index (χ0v) is 19.4. The highest BCUT2D eigenvalue weighted by Gasteiger charge is 2.14. The highest BCUT2D eigenvalue weighted by Crippen LogP contribution is 2.28. The van der Waals surface area contributed by atoms with Gasteiger partial charge < -0.3 is 10.1 Å². The number of carbonyl (C=O) groups excluding carboxylic acids is 1. The van der Waals surface area contributed by atoms with Gasteiger partial charge in [-0.25, -0.2) is 4.68 Å². The standard InChI is InChI=1S/C30H25N3O2/c1-35-27-18-12-22(13-19-27)21-31-30(34)25-14-16-26(17-15-25)33-29(24-10-6-3-7-11-24)20-28(32-33)23-8-4-2-5-9-23/h2-20H,21H2,1H3,(H,31,34). The molecule has 4 aromatic carbocycles. The third kappa shape index (κ3) is 4.99. The Morgan fingerprint density at radius 1 is 0.800 bits per heavy atom. The van der Waals surface area contributed by atoms with Crippen molar-refractivity contribution in [2.75, 3.05) is 7.11 Å². The number of ether oxygens (including phenoxy) is 1. The molecule has 0 radical (unpaired) electrons. The minimum Gasteiger partial charge on any atom is -0.497 e. The molecule has 0 atom stereocenters. The van der Waals surface area contributed by atoms with Gasteiger partial charge in [-0.15, -0.1) is 0 Å². The fourth-order valence-electron chi connectivity index (χ4n) is 3.92. The lowest BCUT2D eigenvalue weighted by Gasteiger charge is -2.10. The molecule has 172 valence electrons. The van der Waals surface area contributed by atoms with E-state index in [9.17, 15) is 4.79 Å². The Morgan fingerprint density at radius 2 is 1.43 bits per heavy atom. The summed E-state index contributed by atoms with van der Waals surface area (Å²) < 4.78 is 7.11. The van der Waals surface area contributed by atoms with Crippen LogP contribution in [0.2, 0.25) is 0 Å². The summed E-state index contributed by atoms with van der Waals surface area (Å²) in [6.07, 6.45) is 0. The third-order valence-electron chi connectivity index (χ3n) is 5.83. The van der Waals surface area contributed by atoms with Crippen molar-refractivity contribution < 1.29 is 9.53 Å². The molecule has 0 saturated heterocycles. The maximum atomic E-state index is 12.7. The number of hydrogen-bond acceptors (Lipinski definition) is 3. The van der Waals surface area contributed by atoms with Crippen LogP contribution in [-0.4, -0.2) is 22.8 Å². The normalized spacial score (nSPS) is 10.7. The summed E-state index contributed by atoms with van der Waals surface area (Å²) >= 11 is 0. The SMILES string of the molecule is COc1ccc(CNC(=O)c2ccc(-n3nc(-c4ccccc4)cc3-c3ccccc3)cc2)cc1. The zero-order chi connectivity index (χ0) is 24.0. The first kappa shape index (κ1) is 22.2. The first-order valence-corrected chi connectivity index (χ1v) is 11.4. The molecule has 35 heavy (non-hydrogen) atoms. The number of methoxy groups -OCH3 is 1. The molecule has 0 aliphatic carbocycles. The van der Waals surface area contributed by atoms with Gasteiger partial charge in [0, 0.05) is 23.2 Å².